The number of benzene rings is 1. The second-order valence-corrected chi connectivity index (χ2v) is 8.14. The van der Waals surface area contributed by atoms with Crippen LogP contribution in [0.3, 0.4) is 0 Å². The fourth-order valence-electron chi connectivity index (χ4n) is 2.94. The molecule has 7 nitrogen and oxygen atoms in total. The standard InChI is InChI=1S/C19H20N4O3S/c1-2-9-23(13-16-5-3-15(12-20)4-6-16)19(24)17-7-8-18-21-27(25,26)11-10-22(18)14-17/h3-8,14H,2,9-11,13H2,1H3. The number of hydrogen-bond acceptors (Lipinski definition) is 5. The molecule has 0 radical (unpaired) electrons. The quantitative estimate of drug-likeness (QED) is 0.771. The van der Waals surface area contributed by atoms with Gasteiger partial charge in [-0.3, -0.25) is 4.79 Å². The van der Waals surface area contributed by atoms with Crippen molar-refractivity contribution in [2.24, 2.45) is 4.40 Å². The van der Waals surface area contributed by atoms with Crippen molar-refractivity contribution in [3.63, 3.8) is 0 Å². The lowest BCUT2D eigenvalue weighted by Gasteiger charge is -2.29. The van der Waals surface area contributed by atoms with Crippen molar-refractivity contribution in [3.8, 4) is 6.07 Å². The van der Waals surface area contributed by atoms with Crippen molar-refractivity contribution in [3.05, 3.63) is 59.3 Å². The maximum Gasteiger partial charge on any atom is 0.256 e. The molecule has 0 fully saturated rings. The molecule has 1 amide bonds. The summed E-state index contributed by atoms with van der Waals surface area (Å²) < 4.78 is 26.9. The molecular formula is C19H20N4O3S. The van der Waals surface area contributed by atoms with E-state index in [2.05, 4.69) is 10.5 Å². The van der Waals surface area contributed by atoms with Gasteiger partial charge in [0.25, 0.3) is 15.9 Å². The van der Waals surface area contributed by atoms with Crippen molar-refractivity contribution in [1.82, 2.24) is 9.80 Å². The lowest BCUT2D eigenvalue weighted by atomic mass is 10.1. The van der Waals surface area contributed by atoms with Crippen LogP contribution in [0.25, 0.3) is 0 Å². The second-order valence-electron chi connectivity index (χ2n) is 6.38. The highest BCUT2D eigenvalue weighted by Gasteiger charge is 2.26. The zero-order valence-corrected chi connectivity index (χ0v) is 15.8. The fourth-order valence-corrected chi connectivity index (χ4v) is 3.91. The van der Waals surface area contributed by atoms with Gasteiger partial charge in [-0.15, -0.1) is 4.40 Å². The summed E-state index contributed by atoms with van der Waals surface area (Å²) in [6, 6.07) is 9.25. The fraction of sp³-hybridized carbons (Fsp3) is 0.316. The Bertz CT molecular complexity index is 969. The first-order valence-corrected chi connectivity index (χ1v) is 10.3. The Morgan fingerprint density at radius 1 is 1.30 bits per heavy atom. The number of fused-ring (bicyclic) bond motifs is 1. The van der Waals surface area contributed by atoms with Gasteiger partial charge in [-0.05, 0) is 36.3 Å². The Labute approximate surface area is 159 Å². The van der Waals surface area contributed by atoms with Gasteiger partial charge in [0, 0.05) is 25.8 Å². The molecule has 0 aromatic heterocycles. The summed E-state index contributed by atoms with van der Waals surface area (Å²) in [6.45, 7) is 3.33. The summed E-state index contributed by atoms with van der Waals surface area (Å²) in [6.07, 6.45) is 5.65. The Morgan fingerprint density at radius 2 is 2.04 bits per heavy atom. The molecule has 3 rings (SSSR count). The molecule has 0 saturated heterocycles. The van der Waals surface area contributed by atoms with Crippen LogP contribution in [0.15, 0.2) is 52.6 Å². The summed E-state index contributed by atoms with van der Waals surface area (Å²) in [5.41, 5.74) is 2.02. The van der Waals surface area contributed by atoms with Gasteiger partial charge in [0.15, 0.2) is 0 Å². The number of carbonyl (C=O) groups is 1. The number of rotatable bonds is 5. The van der Waals surface area contributed by atoms with Crippen molar-refractivity contribution in [2.45, 2.75) is 19.9 Å². The van der Waals surface area contributed by atoms with Crippen LogP contribution >= 0.6 is 0 Å². The van der Waals surface area contributed by atoms with Gasteiger partial charge in [-0.2, -0.15) is 5.26 Å². The van der Waals surface area contributed by atoms with E-state index in [1.807, 2.05) is 19.1 Å². The van der Waals surface area contributed by atoms with E-state index in [1.165, 1.54) is 0 Å². The molecule has 0 saturated carbocycles. The van der Waals surface area contributed by atoms with Gasteiger partial charge < -0.3 is 9.80 Å². The Balaban J connectivity index is 1.78. The van der Waals surface area contributed by atoms with E-state index in [0.29, 0.717) is 30.1 Å². The highest BCUT2D eigenvalue weighted by atomic mass is 32.2. The van der Waals surface area contributed by atoms with Gasteiger partial charge in [-0.25, -0.2) is 8.42 Å². The Kier molecular flexibility index (Phi) is 5.42. The maximum atomic E-state index is 13.0. The van der Waals surface area contributed by atoms with Crippen LogP contribution in [0.5, 0.6) is 0 Å². The van der Waals surface area contributed by atoms with Crippen molar-refractivity contribution in [2.75, 3.05) is 18.8 Å². The van der Waals surface area contributed by atoms with Crippen LogP contribution in [0.2, 0.25) is 0 Å². The van der Waals surface area contributed by atoms with Crippen LogP contribution in [-0.2, 0) is 21.4 Å². The first kappa shape index (κ1) is 18.9. The molecule has 2 aliphatic heterocycles. The Hall–Kier alpha value is -2.92. The lowest BCUT2D eigenvalue weighted by molar-refractivity contribution is -0.127. The summed E-state index contributed by atoms with van der Waals surface area (Å²) >= 11 is 0. The SMILES string of the molecule is CCCN(Cc1ccc(C#N)cc1)C(=O)C1=CN2CCS(=O)(=O)N=C2C=C1. The minimum atomic E-state index is -3.41. The predicted molar refractivity (Wildman–Crippen MR) is 102 cm³/mol. The van der Waals surface area contributed by atoms with Gasteiger partial charge >= 0.3 is 0 Å². The van der Waals surface area contributed by atoms with E-state index in [1.54, 1.807) is 40.3 Å². The number of carbonyl (C=O) groups excluding carboxylic acids is 1. The molecular weight excluding hydrogens is 364 g/mol. The third kappa shape index (κ3) is 4.44. The molecule has 8 heteroatoms. The van der Waals surface area contributed by atoms with E-state index in [-0.39, 0.29) is 18.2 Å². The third-order valence-corrected chi connectivity index (χ3v) is 5.47. The van der Waals surface area contributed by atoms with Crippen LogP contribution in [0, 0.1) is 11.3 Å². The number of nitriles is 1. The zero-order chi connectivity index (χ0) is 19.4. The van der Waals surface area contributed by atoms with E-state index >= 15 is 0 Å². The lowest BCUT2D eigenvalue weighted by Crippen LogP contribution is -2.39. The molecule has 27 heavy (non-hydrogen) atoms. The topological polar surface area (TPSA) is 93.8 Å². The highest BCUT2D eigenvalue weighted by Crippen LogP contribution is 2.18. The monoisotopic (exact) mass is 384 g/mol. The first-order chi connectivity index (χ1) is 12.9. The minimum absolute atomic E-state index is 0.0633. The molecule has 0 bridgehead atoms. The smallest absolute Gasteiger partial charge is 0.256 e. The molecule has 1 aromatic carbocycles. The van der Waals surface area contributed by atoms with Gasteiger partial charge in [0.2, 0.25) is 0 Å². The van der Waals surface area contributed by atoms with Crippen LogP contribution < -0.4 is 0 Å². The molecule has 0 aliphatic carbocycles. The van der Waals surface area contributed by atoms with E-state index in [9.17, 15) is 13.2 Å². The Morgan fingerprint density at radius 3 is 2.70 bits per heavy atom. The third-order valence-electron chi connectivity index (χ3n) is 4.31. The van der Waals surface area contributed by atoms with E-state index in [4.69, 9.17) is 5.26 Å². The van der Waals surface area contributed by atoms with Crippen LogP contribution in [0.4, 0.5) is 0 Å². The number of amidine groups is 1. The van der Waals surface area contributed by atoms with Crippen LogP contribution in [-0.4, -0.2) is 48.8 Å². The van der Waals surface area contributed by atoms with Crippen LogP contribution in [0.1, 0.15) is 24.5 Å². The summed E-state index contributed by atoms with van der Waals surface area (Å²) in [5.74, 6) is 0.156. The summed E-state index contributed by atoms with van der Waals surface area (Å²) in [4.78, 5) is 16.4. The normalized spacial score (nSPS) is 17.4. The molecule has 0 atom stereocenters. The largest absolute Gasteiger partial charge is 0.334 e. The molecule has 140 valence electrons. The summed E-state index contributed by atoms with van der Waals surface area (Å²) in [7, 11) is -3.41. The minimum Gasteiger partial charge on any atom is -0.334 e. The van der Waals surface area contributed by atoms with E-state index < -0.39 is 10.0 Å². The number of sulfonamides is 1. The average Bonchev–Trinajstić information content (AvgIpc) is 2.66. The van der Waals surface area contributed by atoms with Gasteiger partial charge in [0.05, 0.1) is 23.0 Å². The molecule has 2 aliphatic rings. The zero-order valence-electron chi connectivity index (χ0n) is 15.0. The second kappa shape index (κ2) is 7.76. The van der Waals surface area contributed by atoms with Gasteiger partial charge in [-0.1, -0.05) is 19.1 Å². The molecule has 2 heterocycles. The number of amides is 1. The molecule has 1 aromatic rings. The first-order valence-electron chi connectivity index (χ1n) is 8.69. The highest BCUT2D eigenvalue weighted by molar-refractivity contribution is 7.90. The number of hydrogen-bond donors (Lipinski definition) is 0. The average molecular weight is 384 g/mol. The molecule has 0 spiro atoms. The number of nitrogens with zero attached hydrogens (tertiary/aromatic N) is 4. The molecule has 0 unspecified atom stereocenters. The predicted octanol–water partition coefficient (Wildman–Crippen LogP) is 1.79. The maximum absolute atomic E-state index is 13.0. The van der Waals surface area contributed by atoms with Gasteiger partial charge in [0.1, 0.15) is 5.84 Å². The van der Waals surface area contributed by atoms with Crippen molar-refractivity contribution >= 4 is 21.8 Å². The summed E-state index contributed by atoms with van der Waals surface area (Å²) in [5, 5.41) is 8.90. The van der Waals surface area contributed by atoms with E-state index in [0.717, 1.165) is 12.0 Å². The molecule has 0 N–H and O–H groups in total. The van der Waals surface area contributed by atoms with Crippen molar-refractivity contribution < 1.29 is 13.2 Å². The van der Waals surface area contributed by atoms with Crippen molar-refractivity contribution in [1.29, 1.82) is 5.26 Å².